The Labute approximate surface area is 96.9 Å². The van der Waals surface area contributed by atoms with Gasteiger partial charge < -0.3 is 4.74 Å². The van der Waals surface area contributed by atoms with Crippen molar-refractivity contribution >= 4 is 23.6 Å². The monoisotopic (exact) mass is 234 g/mol. The number of hydrogen-bond acceptors (Lipinski definition) is 4. The summed E-state index contributed by atoms with van der Waals surface area (Å²) in [5.74, 6) is -0.884. The zero-order valence-electron chi connectivity index (χ0n) is 9.07. The van der Waals surface area contributed by atoms with Crippen LogP contribution in [0.2, 0.25) is 0 Å². The van der Waals surface area contributed by atoms with Gasteiger partial charge in [0, 0.05) is 5.69 Å². The van der Waals surface area contributed by atoms with Crippen molar-refractivity contribution in [1.29, 1.82) is 0 Å². The van der Waals surface area contributed by atoms with E-state index in [1.54, 1.807) is 6.92 Å². The van der Waals surface area contributed by atoms with Gasteiger partial charge in [-0.1, -0.05) is 0 Å². The van der Waals surface area contributed by atoms with Crippen molar-refractivity contribution in [3.63, 3.8) is 0 Å². The molecule has 2 rings (SSSR count). The Morgan fingerprint density at radius 2 is 2.00 bits per heavy atom. The summed E-state index contributed by atoms with van der Waals surface area (Å²) in [6.07, 6.45) is -0.600. The number of imide groups is 1. The third kappa shape index (κ3) is 2.10. The molecule has 1 aromatic rings. The van der Waals surface area contributed by atoms with E-state index in [1.807, 2.05) is 0 Å². The average molecular weight is 234 g/mol. The maximum atomic E-state index is 11.4. The van der Waals surface area contributed by atoms with Crippen molar-refractivity contribution in [2.24, 2.45) is 0 Å². The summed E-state index contributed by atoms with van der Waals surface area (Å²) in [7, 11) is 0. The maximum Gasteiger partial charge on any atom is 0.411 e. The van der Waals surface area contributed by atoms with E-state index >= 15 is 0 Å². The highest BCUT2D eigenvalue weighted by Gasteiger charge is 2.26. The second kappa shape index (κ2) is 4.25. The second-order valence-electron chi connectivity index (χ2n) is 3.39. The first kappa shape index (κ1) is 11.1. The minimum Gasteiger partial charge on any atom is -0.450 e. The quantitative estimate of drug-likeness (QED) is 0.751. The Morgan fingerprint density at radius 1 is 1.29 bits per heavy atom. The van der Waals surface area contributed by atoms with Gasteiger partial charge in [0.05, 0.1) is 17.7 Å². The van der Waals surface area contributed by atoms with Gasteiger partial charge in [0.2, 0.25) is 0 Å². The second-order valence-corrected chi connectivity index (χ2v) is 3.39. The van der Waals surface area contributed by atoms with Gasteiger partial charge in [0.15, 0.2) is 0 Å². The smallest absolute Gasteiger partial charge is 0.411 e. The van der Waals surface area contributed by atoms with Crippen LogP contribution in [0.4, 0.5) is 10.5 Å². The molecule has 0 fully saturated rings. The van der Waals surface area contributed by atoms with Crippen LogP contribution in [-0.4, -0.2) is 24.5 Å². The lowest BCUT2D eigenvalue weighted by Gasteiger charge is -2.05. The Hall–Kier alpha value is -2.37. The topological polar surface area (TPSA) is 84.5 Å². The van der Waals surface area contributed by atoms with Gasteiger partial charge in [-0.3, -0.25) is 20.2 Å². The molecule has 0 aromatic heterocycles. The van der Waals surface area contributed by atoms with Crippen molar-refractivity contribution in [3.05, 3.63) is 29.3 Å². The Morgan fingerprint density at radius 3 is 2.71 bits per heavy atom. The number of carbonyl (C=O) groups is 3. The molecule has 3 amide bonds. The van der Waals surface area contributed by atoms with Crippen LogP contribution in [0, 0.1) is 0 Å². The lowest BCUT2D eigenvalue weighted by atomic mass is 10.1. The first-order valence-corrected chi connectivity index (χ1v) is 5.05. The molecule has 17 heavy (non-hydrogen) atoms. The van der Waals surface area contributed by atoms with E-state index < -0.39 is 17.9 Å². The molecule has 1 aliphatic heterocycles. The van der Waals surface area contributed by atoms with Gasteiger partial charge in [-0.15, -0.1) is 0 Å². The van der Waals surface area contributed by atoms with Gasteiger partial charge in [0.1, 0.15) is 0 Å². The van der Waals surface area contributed by atoms with Gasteiger partial charge in [0.25, 0.3) is 11.8 Å². The molecule has 1 aromatic carbocycles. The molecule has 2 N–H and O–H groups in total. The molecule has 0 atom stereocenters. The highest BCUT2D eigenvalue weighted by molar-refractivity contribution is 6.21. The van der Waals surface area contributed by atoms with Crippen molar-refractivity contribution < 1.29 is 19.1 Å². The fourth-order valence-electron chi connectivity index (χ4n) is 1.53. The zero-order valence-corrected chi connectivity index (χ0v) is 9.07. The zero-order chi connectivity index (χ0) is 12.4. The molecule has 1 aliphatic rings. The molecule has 1 heterocycles. The molecule has 0 saturated carbocycles. The van der Waals surface area contributed by atoms with Crippen LogP contribution >= 0.6 is 0 Å². The number of ether oxygens (including phenoxy) is 1. The van der Waals surface area contributed by atoms with Crippen molar-refractivity contribution in [2.45, 2.75) is 6.92 Å². The summed E-state index contributed by atoms with van der Waals surface area (Å²) in [4.78, 5) is 33.8. The predicted molar refractivity (Wildman–Crippen MR) is 58.9 cm³/mol. The van der Waals surface area contributed by atoms with E-state index in [-0.39, 0.29) is 12.2 Å². The number of benzene rings is 1. The van der Waals surface area contributed by atoms with Crippen LogP contribution in [0.1, 0.15) is 27.6 Å². The number of fused-ring (bicyclic) bond motifs is 1. The minimum absolute atomic E-state index is 0.254. The maximum absolute atomic E-state index is 11.4. The first-order chi connectivity index (χ1) is 8.11. The van der Waals surface area contributed by atoms with Gasteiger partial charge in [-0.25, -0.2) is 4.79 Å². The van der Waals surface area contributed by atoms with Crippen molar-refractivity contribution in [1.82, 2.24) is 5.32 Å². The SMILES string of the molecule is CCOC(=O)Nc1ccc2c(c1)C(=O)NC2=O. The van der Waals surface area contributed by atoms with Crippen LogP contribution in [0.5, 0.6) is 0 Å². The van der Waals surface area contributed by atoms with Crippen LogP contribution in [0.15, 0.2) is 18.2 Å². The largest absolute Gasteiger partial charge is 0.450 e. The lowest BCUT2D eigenvalue weighted by Crippen LogP contribution is -2.19. The van der Waals surface area contributed by atoms with Crippen molar-refractivity contribution in [2.75, 3.05) is 11.9 Å². The van der Waals surface area contributed by atoms with E-state index in [9.17, 15) is 14.4 Å². The molecule has 0 spiro atoms. The van der Waals surface area contributed by atoms with Crippen LogP contribution < -0.4 is 10.6 Å². The first-order valence-electron chi connectivity index (χ1n) is 5.05. The number of rotatable bonds is 2. The third-order valence-corrected chi connectivity index (χ3v) is 2.26. The van der Waals surface area contributed by atoms with E-state index in [2.05, 4.69) is 10.6 Å². The molecule has 0 saturated heterocycles. The molecular weight excluding hydrogens is 224 g/mol. The molecule has 0 bridgehead atoms. The number of carbonyl (C=O) groups excluding carboxylic acids is 3. The van der Waals surface area contributed by atoms with E-state index in [0.29, 0.717) is 11.3 Å². The lowest BCUT2D eigenvalue weighted by molar-refractivity contribution is 0.0879. The molecule has 0 aliphatic carbocycles. The fraction of sp³-hybridized carbons (Fsp3) is 0.182. The standard InChI is InChI=1S/C11H10N2O4/c1-2-17-11(16)12-6-3-4-7-8(5-6)10(15)13-9(7)14/h3-5H,2H2,1H3,(H,12,16)(H,13,14,15). The van der Waals surface area contributed by atoms with E-state index in [4.69, 9.17) is 4.74 Å². The molecule has 0 unspecified atom stereocenters. The highest BCUT2D eigenvalue weighted by atomic mass is 16.5. The highest BCUT2D eigenvalue weighted by Crippen LogP contribution is 2.20. The number of anilines is 1. The summed E-state index contributed by atoms with van der Waals surface area (Å²) in [5, 5.41) is 4.62. The molecule has 88 valence electrons. The summed E-state index contributed by atoms with van der Waals surface area (Å²) in [5.41, 5.74) is 0.973. The fourth-order valence-corrected chi connectivity index (χ4v) is 1.53. The Bertz CT molecular complexity index is 510. The third-order valence-electron chi connectivity index (χ3n) is 2.26. The molecular formula is C11H10N2O4. The number of amides is 3. The Kier molecular flexibility index (Phi) is 2.78. The minimum atomic E-state index is -0.600. The molecule has 6 heteroatoms. The normalized spacial score (nSPS) is 13.0. The van der Waals surface area contributed by atoms with Crippen LogP contribution in [0.25, 0.3) is 0 Å². The number of hydrogen-bond donors (Lipinski definition) is 2. The van der Waals surface area contributed by atoms with E-state index in [1.165, 1.54) is 18.2 Å². The summed E-state index contributed by atoms with van der Waals surface area (Å²) in [6, 6.07) is 4.46. The van der Waals surface area contributed by atoms with Crippen LogP contribution in [-0.2, 0) is 4.74 Å². The summed E-state index contributed by atoms with van der Waals surface area (Å²) >= 11 is 0. The summed E-state index contributed by atoms with van der Waals surface area (Å²) in [6.45, 7) is 1.95. The Balaban J connectivity index is 2.23. The predicted octanol–water partition coefficient (Wildman–Crippen LogP) is 1.14. The van der Waals surface area contributed by atoms with Gasteiger partial charge >= 0.3 is 6.09 Å². The van der Waals surface area contributed by atoms with Crippen molar-refractivity contribution in [3.8, 4) is 0 Å². The van der Waals surface area contributed by atoms with E-state index in [0.717, 1.165) is 0 Å². The molecule has 6 nitrogen and oxygen atoms in total. The van der Waals surface area contributed by atoms with Crippen LogP contribution in [0.3, 0.4) is 0 Å². The summed E-state index contributed by atoms with van der Waals surface area (Å²) < 4.78 is 4.70. The average Bonchev–Trinajstić information content (AvgIpc) is 2.55. The molecule has 0 radical (unpaired) electrons. The van der Waals surface area contributed by atoms with Gasteiger partial charge in [-0.2, -0.15) is 0 Å². The number of nitrogens with one attached hydrogen (secondary N) is 2. The van der Waals surface area contributed by atoms with Gasteiger partial charge in [-0.05, 0) is 25.1 Å².